The van der Waals surface area contributed by atoms with Gasteiger partial charge in [0.05, 0.1) is 0 Å². The number of aryl methyl sites for hydroxylation is 2. The Labute approximate surface area is 456 Å². The van der Waals surface area contributed by atoms with E-state index in [4.69, 9.17) is 10.5 Å². The Morgan fingerprint density at radius 1 is 0.429 bits per heavy atom. The number of carbonyl (C=O) groups is 2. The van der Waals surface area contributed by atoms with Gasteiger partial charge in [-0.2, -0.15) is 10.5 Å². The van der Waals surface area contributed by atoms with Gasteiger partial charge in [0, 0.05) is 36.6 Å². The molecule has 372 valence electrons. The summed E-state index contributed by atoms with van der Waals surface area (Å²) >= 11 is 2.87. The highest BCUT2D eigenvalue weighted by Gasteiger charge is 2.14. The van der Waals surface area contributed by atoms with Crippen LogP contribution in [0, 0.1) is 36.5 Å². The maximum absolute atomic E-state index is 11.3. The molecule has 0 spiro atoms. The molecule has 0 atom stereocenters. The van der Waals surface area contributed by atoms with Crippen LogP contribution in [0.3, 0.4) is 0 Å². The third-order valence-corrected chi connectivity index (χ3v) is 14.7. The molecule has 0 fully saturated rings. The highest BCUT2D eigenvalue weighted by molar-refractivity contribution is 7.16. The number of allylic oxidation sites excluding steroid dienone is 2. The third kappa shape index (κ3) is 13.5. The molecule has 2 heterocycles. The smallest absolute Gasteiger partial charge is 0.346 e. The molecular weight excluding hydrogens is 987 g/mol. The van der Waals surface area contributed by atoms with Gasteiger partial charge in [-0.1, -0.05) is 187 Å². The summed E-state index contributed by atoms with van der Waals surface area (Å²) in [5.41, 5.74) is 15.6. The van der Waals surface area contributed by atoms with Gasteiger partial charge in [0.2, 0.25) is 0 Å². The van der Waals surface area contributed by atoms with Crippen LogP contribution in [0.1, 0.15) is 59.8 Å². The molecule has 0 bridgehead atoms. The molecule has 2 N–H and O–H groups in total. The largest absolute Gasteiger partial charge is 0.477 e. The zero-order valence-corrected chi connectivity index (χ0v) is 43.7. The average Bonchev–Trinajstić information content (AvgIpc) is 4.14. The molecule has 0 saturated heterocycles. The van der Waals surface area contributed by atoms with Crippen LogP contribution in [0.5, 0.6) is 0 Å². The second-order valence-corrected chi connectivity index (χ2v) is 20.3. The number of hydrogen-bond donors (Lipinski definition) is 2. The maximum atomic E-state index is 11.3. The van der Waals surface area contributed by atoms with Crippen molar-refractivity contribution in [1.29, 1.82) is 10.5 Å². The van der Waals surface area contributed by atoms with Gasteiger partial charge >= 0.3 is 11.9 Å². The highest BCUT2D eigenvalue weighted by Crippen LogP contribution is 2.37. The quantitative estimate of drug-likeness (QED) is 0.0403. The molecular formula is C68H49N3O4S2. The van der Waals surface area contributed by atoms with Crippen LogP contribution >= 0.6 is 22.7 Å². The zero-order chi connectivity index (χ0) is 53.7. The Kier molecular flexibility index (Phi) is 16.5. The molecule has 2 aromatic heterocycles. The van der Waals surface area contributed by atoms with E-state index >= 15 is 0 Å². The lowest BCUT2D eigenvalue weighted by Crippen LogP contribution is -2.09. The molecule has 0 aliphatic carbocycles. The van der Waals surface area contributed by atoms with Gasteiger partial charge in [-0.3, -0.25) is 0 Å². The minimum absolute atomic E-state index is 0.297. The SMILES string of the molecule is Cc1ccc(C(=C/C=C/c2ccc(N(c3ccc(/C=C/c4ccc(-c5ccc(/C=C(/C#N)C(=O)O)s5)cc4)cc3)c3ccc(/C=C/c4ccc(-c5ccc(/C=C(/C#N)C(=O)O)s5)cc4)cc3)cc2)c2ccc(C)cc2)cc1. The van der Waals surface area contributed by atoms with Gasteiger partial charge in [-0.25, -0.2) is 9.59 Å². The number of carboxylic acid groups (broad SMARTS) is 2. The predicted molar refractivity (Wildman–Crippen MR) is 319 cm³/mol. The van der Waals surface area contributed by atoms with Crippen molar-refractivity contribution in [3.63, 3.8) is 0 Å². The first-order chi connectivity index (χ1) is 37.5. The summed E-state index contributed by atoms with van der Waals surface area (Å²) < 4.78 is 0. The third-order valence-electron chi connectivity index (χ3n) is 12.6. The number of nitriles is 2. The summed E-state index contributed by atoms with van der Waals surface area (Å²) in [7, 11) is 0. The van der Waals surface area contributed by atoms with Crippen molar-refractivity contribution in [2.75, 3.05) is 4.90 Å². The number of anilines is 3. The second-order valence-electron chi connectivity index (χ2n) is 18.0. The van der Waals surface area contributed by atoms with E-state index < -0.39 is 11.9 Å². The number of nitrogens with zero attached hydrogens (tertiary/aromatic N) is 3. The summed E-state index contributed by atoms with van der Waals surface area (Å²) in [4.78, 5) is 28.2. The van der Waals surface area contributed by atoms with Crippen LogP contribution in [0.25, 0.3) is 69.0 Å². The van der Waals surface area contributed by atoms with Crippen LogP contribution in [0.2, 0.25) is 0 Å². The molecule has 9 rings (SSSR count). The number of carboxylic acids is 2. The Morgan fingerprint density at radius 2 is 0.753 bits per heavy atom. The van der Waals surface area contributed by atoms with E-state index in [0.717, 1.165) is 82.5 Å². The minimum Gasteiger partial charge on any atom is -0.477 e. The number of aliphatic carboxylic acids is 2. The van der Waals surface area contributed by atoms with Crippen LogP contribution in [0.15, 0.2) is 217 Å². The van der Waals surface area contributed by atoms with Crippen LogP contribution in [0.4, 0.5) is 17.1 Å². The molecule has 0 unspecified atom stereocenters. The monoisotopic (exact) mass is 1040 g/mol. The fraction of sp³-hybridized carbons (Fsp3) is 0.0294. The Hall–Kier alpha value is -9.90. The summed E-state index contributed by atoms with van der Waals surface area (Å²) in [6.45, 7) is 4.21. The normalized spacial score (nSPS) is 11.7. The molecule has 0 amide bonds. The van der Waals surface area contributed by atoms with Gasteiger partial charge in [0.1, 0.15) is 23.3 Å². The number of hydrogen-bond acceptors (Lipinski definition) is 7. The van der Waals surface area contributed by atoms with E-state index in [1.54, 1.807) is 12.1 Å². The molecule has 0 aliphatic rings. The Balaban J connectivity index is 0.944. The van der Waals surface area contributed by atoms with E-state index in [2.05, 4.69) is 183 Å². The lowest BCUT2D eigenvalue weighted by Gasteiger charge is -2.26. The van der Waals surface area contributed by atoms with Gasteiger partial charge in [-0.15, -0.1) is 22.7 Å². The lowest BCUT2D eigenvalue weighted by atomic mass is 9.96. The first kappa shape index (κ1) is 52.0. The molecule has 9 aromatic rings. The van der Waals surface area contributed by atoms with Crippen LogP contribution in [-0.2, 0) is 9.59 Å². The van der Waals surface area contributed by atoms with E-state index in [0.29, 0.717) is 9.75 Å². The van der Waals surface area contributed by atoms with Crippen molar-refractivity contribution in [3.8, 4) is 33.0 Å². The highest BCUT2D eigenvalue weighted by atomic mass is 32.1. The topological polar surface area (TPSA) is 125 Å². The van der Waals surface area contributed by atoms with Gasteiger partial charge in [0.15, 0.2) is 0 Å². The molecule has 9 heteroatoms. The van der Waals surface area contributed by atoms with Crippen molar-refractivity contribution in [2.45, 2.75) is 13.8 Å². The first-order valence-electron chi connectivity index (χ1n) is 24.6. The van der Waals surface area contributed by atoms with E-state index in [9.17, 15) is 19.8 Å². The second kappa shape index (κ2) is 24.4. The van der Waals surface area contributed by atoms with Crippen LogP contribution in [-0.4, -0.2) is 22.2 Å². The van der Waals surface area contributed by atoms with Crippen molar-refractivity contribution in [2.24, 2.45) is 0 Å². The van der Waals surface area contributed by atoms with Gasteiger partial charge < -0.3 is 15.1 Å². The number of benzene rings is 7. The van der Waals surface area contributed by atoms with Crippen molar-refractivity contribution < 1.29 is 19.8 Å². The molecule has 7 nitrogen and oxygen atoms in total. The standard InChI is InChI=1S/C68H49N3O4S2/c1-46-6-24-53(25-7-46)64(54-26-8-47(2)9-27-54)5-3-4-48-18-32-59(33-19-48)71(60-34-20-51(21-35-60)12-10-49-14-28-55(29-15-49)65-40-38-62(76-65)42-57(44-69)67(72)73)61-36-22-52(23-37-61)13-11-50-16-30-56(31-17-50)66-41-39-63(77-66)43-58(45-70)68(74)75/h3-43H,1-2H3,(H,72,73)(H,74,75)/b4-3+,12-10+,13-11+,57-42-,58-43-. The average molecular weight is 1040 g/mol. The molecule has 0 radical (unpaired) electrons. The number of thiophene rings is 2. The van der Waals surface area contributed by atoms with Gasteiger partial charge in [0.25, 0.3) is 0 Å². The fourth-order valence-corrected chi connectivity index (χ4v) is 10.3. The lowest BCUT2D eigenvalue weighted by molar-refractivity contribution is -0.133. The first-order valence-corrected chi connectivity index (χ1v) is 26.2. The molecule has 7 aromatic carbocycles. The van der Waals surface area contributed by atoms with Crippen molar-refractivity contribution in [3.05, 3.63) is 277 Å². The summed E-state index contributed by atoms with van der Waals surface area (Å²) in [6.07, 6.45) is 17.6. The number of rotatable bonds is 17. The predicted octanol–water partition coefficient (Wildman–Crippen LogP) is 17.7. The molecule has 77 heavy (non-hydrogen) atoms. The summed E-state index contributed by atoms with van der Waals surface area (Å²) in [6, 6.07) is 70.2. The maximum Gasteiger partial charge on any atom is 0.346 e. The Bertz CT molecular complexity index is 3620. The van der Waals surface area contributed by atoms with E-state index in [-0.39, 0.29) is 11.1 Å². The molecule has 0 aliphatic heterocycles. The van der Waals surface area contributed by atoms with E-state index in [1.165, 1.54) is 46.0 Å². The van der Waals surface area contributed by atoms with Crippen molar-refractivity contribution >= 4 is 99.8 Å². The molecule has 0 saturated carbocycles. The van der Waals surface area contributed by atoms with Crippen LogP contribution < -0.4 is 4.90 Å². The minimum atomic E-state index is -1.24. The summed E-state index contributed by atoms with van der Waals surface area (Å²) in [5, 5.41) is 36.8. The van der Waals surface area contributed by atoms with Gasteiger partial charge in [-0.05, 0) is 142 Å². The van der Waals surface area contributed by atoms with E-state index in [1.807, 2.05) is 72.8 Å². The summed E-state index contributed by atoms with van der Waals surface area (Å²) in [5.74, 6) is -2.48. The fourth-order valence-electron chi connectivity index (χ4n) is 8.37. The zero-order valence-electron chi connectivity index (χ0n) is 42.0. The Morgan fingerprint density at radius 3 is 1.08 bits per heavy atom. The van der Waals surface area contributed by atoms with Crippen molar-refractivity contribution in [1.82, 2.24) is 0 Å².